The predicted molar refractivity (Wildman–Crippen MR) is 125 cm³/mol. The van der Waals surface area contributed by atoms with Crippen LogP contribution in [0.4, 0.5) is 5.13 Å². The van der Waals surface area contributed by atoms with E-state index in [1.807, 2.05) is 33.9 Å². The van der Waals surface area contributed by atoms with E-state index in [0.29, 0.717) is 13.0 Å². The molecule has 0 unspecified atom stereocenters. The van der Waals surface area contributed by atoms with E-state index in [4.69, 9.17) is 4.98 Å². The standard InChI is InChI=1S/C23H24N4OS2/c1-17-5-3-6-20-22(17)25-23(30-20)27(13-4-12-26-14-11-24-16-26)21(28)15-18-7-9-19(29-2)10-8-18/h3,5-11,14,16H,4,12-13,15H2,1-2H3. The molecule has 2 aromatic carbocycles. The maximum Gasteiger partial charge on any atom is 0.233 e. The Morgan fingerprint density at radius 3 is 2.73 bits per heavy atom. The Kier molecular flexibility index (Phi) is 6.50. The van der Waals surface area contributed by atoms with E-state index in [0.717, 1.165) is 39.4 Å². The smallest absolute Gasteiger partial charge is 0.233 e. The van der Waals surface area contributed by atoms with Crippen LogP contribution < -0.4 is 4.90 Å². The van der Waals surface area contributed by atoms with Crippen LogP contribution in [0.15, 0.2) is 66.1 Å². The summed E-state index contributed by atoms with van der Waals surface area (Å²) in [6.07, 6.45) is 8.78. The molecule has 4 rings (SSSR count). The third kappa shape index (κ3) is 4.74. The molecule has 0 saturated heterocycles. The van der Waals surface area contributed by atoms with E-state index in [2.05, 4.69) is 42.4 Å². The van der Waals surface area contributed by atoms with Gasteiger partial charge in [0.05, 0.1) is 23.0 Å². The molecule has 4 aromatic rings. The molecule has 2 heterocycles. The average molecular weight is 437 g/mol. The van der Waals surface area contributed by atoms with Crippen molar-refractivity contribution in [3.63, 3.8) is 0 Å². The lowest BCUT2D eigenvalue weighted by molar-refractivity contribution is -0.118. The normalized spacial score (nSPS) is 11.1. The van der Waals surface area contributed by atoms with E-state index in [9.17, 15) is 4.79 Å². The molecule has 0 N–H and O–H groups in total. The SMILES string of the molecule is CSc1ccc(CC(=O)N(CCCn2ccnc2)c2nc3c(C)cccc3s2)cc1. The summed E-state index contributed by atoms with van der Waals surface area (Å²) in [7, 11) is 0. The topological polar surface area (TPSA) is 51.0 Å². The number of para-hydroxylation sites is 1. The lowest BCUT2D eigenvalue weighted by atomic mass is 10.1. The first-order valence-corrected chi connectivity index (χ1v) is 11.9. The Balaban J connectivity index is 1.56. The molecule has 0 aliphatic heterocycles. The van der Waals surface area contributed by atoms with E-state index >= 15 is 0 Å². The molecule has 30 heavy (non-hydrogen) atoms. The number of rotatable bonds is 8. The molecular formula is C23H24N4OS2. The minimum atomic E-state index is 0.0780. The fourth-order valence-electron chi connectivity index (χ4n) is 3.36. The number of thiazole rings is 1. The number of carbonyl (C=O) groups excluding carboxylic acids is 1. The third-order valence-corrected chi connectivity index (χ3v) is 6.80. The van der Waals surface area contributed by atoms with Gasteiger partial charge >= 0.3 is 0 Å². The highest BCUT2D eigenvalue weighted by Crippen LogP contribution is 2.31. The number of hydrogen-bond donors (Lipinski definition) is 0. The Morgan fingerprint density at radius 1 is 1.20 bits per heavy atom. The van der Waals surface area contributed by atoms with Crippen LogP contribution in [0.2, 0.25) is 0 Å². The largest absolute Gasteiger partial charge is 0.337 e. The van der Waals surface area contributed by atoms with Crippen molar-refractivity contribution >= 4 is 44.4 Å². The Labute approximate surface area is 184 Å². The average Bonchev–Trinajstić information content (AvgIpc) is 3.42. The summed E-state index contributed by atoms with van der Waals surface area (Å²) in [4.78, 5) is 25.3. The summed E-state index contributed by atoms with van der Waals surface area (Å²) in [5, 5.41) is 0.774. The van der Waals surface area contributed by atoms with Gasteiger partial charge in [0, 0.05) is 30.4 Å². The number of fused-ring (bicyclic) bond motifs is 1. The minimum absolute atomic E-state index is 0.0780. The lowest BCUT2D eigenvalue weighted by Gasteiger charge is -2.20. The predicted octanol–water partition coefficient (Wildman–Crippen LogP) is 5.19. The monoisotopic (exact) mass is 436 g/mol. The molecule has 0 saturated carbocycles. The van der Waals surface area contributed by atoms with Crippen molar-refractivity contribution in [2.24, 2.45) is 0 Å². The van der Waals surface area contributed by atoms with Crippen molar-refractivity contribution in [2.75, 3.05) is 17.7 Å². The van der Waals surface area contributed by atoms with Crippen molar-refractivity contribution < 1.29 is 4.79 Å². The zero-order chi connectivity index (χ0) is 20.9. The lowest BCUT2D eigenvalue weighted by Crippen LogP contribution is -2.33. The first kappa shape index (κ1) is 20.6. The van der Waals surface area contributed by atoms with Crippen LogP contribution in [-0.4, -0.2) is 33.2 Å². The molecule has 154 valence electrons. The molecule has 1 amide bonds. The van der Waals surface area contributed by atoms with Crippen LogP contribution in [0.3, 0.4) is 0 Å². The zero-order valence-electron chi connectivity index (χ0n) is 17.1. The second-order valence-corrected chi connectivity index (χ2v) is 9.03. The van der Waals surface area contributed by atoms with Gasteiger partial charge in [-0.05, 0) is 48.9 Å². The number of carbonyl (C=O) groups is 1. The molecule has 0 atom stereocenters. The van der Waals surface area contributed by atoms with Gasteiger partial charge in [-0.1, -0.05) is 35.6 Å². The number of nitrogens with zero attached hydrogens (tertiary/aromatic N) is 4. The molecular weight excluding hydrogens is 412 g/mol. The van der Waals surface area contributed by atoms with Crippen LogP contribution in [0.5, 0.6) is 0 Å². The van der Waals surface area contributed by atoms with Gasteiger partial charge < -0.3 is 4.57 Å². The van der Waals surface area contributed by atoms with Gasteiger partial charge in [0.15, 0.2) is 5.13 Å². The van der Waals surface area contributed by atoms with Crippen LogP contribution >= 0.6 is 23.1 Å². The van der Waals surface area contributed by atoms with Crippen LogP contribution in [0.1, 0.15) is 17.5 Å². The first-order valence-electron chi connectivity index (χ1n) is 9.89. The van der Waals surface area contributed by atoms with Crippen molar-refractivity contribution in [2.45, 2.75) is 31.2 Å². The summed E-state index contributed by atoms with van der Waals surface area (Å²) < 4.78 is 3.15. The molecule has 0 radical (unpaired) electrons. The highest BCUT2D eigenvalue weighted by atomic mass is 32.2. The number of thioether (sulfide) groups is 1. The van der Waals surface area contributed by atoms with Gasteiger partial charge in [-0.3, -0.25) is 9.69 Å². The second-order valence-electron chi connectivity index (χ2n) is 7.14. The number of aromatic nitrogens is 3. The van der Waals surface area contributed by atoms with Gasteiger partial charge in [0.2, 0.25) is 5.91 Å². The maximum atomic E-state index is 13.3. The number of hydrogen-bond acceptors (Lipinski definition) is 5. The Bertz CT molecular complexity index is 1120. The number of anilines is 1. The molecule has 0 aliphatic carbocycles. The van der Waals surface area contributed by atoms with Gasteiger partial charge in [-0.2, -0.15) is 0 Å². The molecule has 5 nitrogen and oxygen atoms in total. The molecule has 2 aromatic heterocycles. The van der Waals surface area contributed by atoms with Gasteiger partial charge in [0.25, 0.3) is 0 Å². The fraction of sp³-hybridized carbons (Fsp3) is 0.261. The van der Waals surface area contributed by atoms with E-state index < -0.39 is 0 Å². The quantitative estimate of drug-likeness (QED) is 0.357. The van der Waals surface area contributed by atoms with E-state index in [1.54, 1.807) is 35.6 Å². The van der Waals surface area contributed by atoms with Crippen molar-refractivity contribution in [3.05, 3.63) is 72.3 Å². The Morgan fingerprint density at radius 2 is 2.03 bits per heavy atom. The summed E-state index contributed by atoms with van der Waals surface area (Å²) in [5.74, 6) is 0.0780. The molecule has 0 aliphatic rings. The zero-order valence-corrected chi connectivity index (χ0v) is 18.7. The van der Waals surface area contributed by atoms with Crippen molar-refractivity contribution in [3.8, 4) is 0 Å². The summed E-state index contributed by atoms with van der Waals surface area (Å²) in [6, 6.07) is 14.4. The van der Waals surface area contributed by atoms with Gasteiger partial charge in [-0.25, -0.2) is 9.97 Å². The minimum Gasteiger partial charge on any atom is -0.337 e. The van der Waals surface area contributed by atoms with Gasteiger partial charge in [0.1, 0.15) is 0 Å². The third-order valence-electron chi connectivity index (χ3n) is 5.01. The fourth-order valence-corrected chi connectivity index (χ4v) is 4.86. The number of amides is 1. The second kappa shape index (κ2) is 9.45. The molecule has 0 spiro atoms. The van der Waals surface area contributed by atoms with E-state index in [1.165, 1.54) is 4.90 Å². The highest BCUT2D eigenvalue weighted by Gasteiger charge is 2.20. The maximum absolute atomic E-state index is 13.3. The number of aryl methyl sites for hydroxylation is 2. The summed E-state index contributed by atoms with van der Waals surface area (Å²) in [6.45, 7) is 3.50. The van der Waals surface area contributed by atoms with Crippen LogP contribution in [0.25, 0.3) is 10.2 Å². The van der Waals surface area contributed by atoms with E-state index in [-0.39, 0.29) is 5.91 Å². The van der Waals surface area contributed by atoms with Crippen LogP contribution in [0, 0.1) is 6.92 Å². The molecule has 7 heteroatoms. The van der Waals surface area contributed by atoms with Crippen molar-refractivity contribution in [1.29, 1.82) is 0 Å². The summed E-state index contributed by atoms with van der Waals surface area (Å²) >= 11 is 3.29. The van der Waals surface area contributed by atoms with Gasteiger partial charge in [-0.15, -0.1) is 11.8 Å². The molecule has 0 bridgehead atoms. The molecule has 0 fully saturated rings. The van der Waals surface area contributed by atoms with Crippen molar-refractivity contribution in [1.82, 2.24) is 14.5 Å². The number of imidazole rings is 1. The summed E-state index contributed by atoms with van der Waals surface area (Å²) in [5.41, 5.74) is 3.14. The number of benzene rings is 2. The highest BCUT2D eigenvalue weighted by molar-refractivity contribution is 7.98. The Hall–Kier alpha value is -2.64. The van der Waals surface area contributed by atoms with Crippen LogP contribution in [-0.2, 0) is 17.8 Å². The first-order chi connectivity index (χ1) is 14.6.